The molecule has 0 spiro atoms. The van der Waals surface area contributed by atoms with Gasteiger partial charge >= 0.3 is 0 Å². The second kappa shape index (κ2) is 12.6. The number of benzene rings is 2. The molecule has 9 nitrogen and oxygen atoms in total. The largest absolute Gasteiger partial charge is 0.493 e. The smallest absolute Gasteiger partial charge is 0.231 e. The molecular weight excluding hydrogens is 519 g/mol. The average molecular weight is 545 g/mol. The van der Waals surface area contributed by atoms with Gasteiger partial charge < -0.3 is 29.0 Å². The molecule has 194 valence electrons. The minimum atomic E-state index is 0. The number of aromatic nitrogens is 1. The standard InChI is InChI=1S/C26H24N4O5.2ClH/c1-31-22-12-19-21(13-23(22)32-2)28-15-18(14-27)24(19)29-20-6-5-17(25-26(20)35-16-34-25)4-3-7-30-8-10-33-11-9-30;;/h5-6,12-13,15H,7-11,16H2,1-2H3,(H,28,29);2*1H. The third-order valence-electron chi connectivity index (χ3n) is 5.90. The fourth-order valence-electron chi connectivity index (χ4n) is 4.07. The predicted octanol–water partition coefficient (Wildman–Crippen LogP) is 4.12. The summed E-state index contributed by atoms with van der Waals surface area (Å²) in [6, 6.07) is 9.55. The van der Waals surface area contributed by atoms with E-state index >= 15 is 0 Å². The van der Waals surface area contributed by atoms with E-state index in [0.717, 1.165) is 31.9 Å². The van der Waals surface area contributed by atoms with Crippen LogP contribution in [0.5, 0.6) is 23.0 Å². The van der Waals surface area contributed by atoms with E-state index in [4.69, 9.17) is 23.7 Å². The molecule has 3 aromatic rings. The van der Waals surface area contributed by atoms with Crippen molar-refractivity contribution in [3.63, 3.8) is 0 Å². The Hall–Kier alpha value is -3.60. The molecule has 2 aromatic carbocycles. The van der Waals surface area contributed by atoms with Crippen molar-refractivity contribution in [2.75, 3.05) is 59.2 Å². The lowest BCUT2D eigenvalue weighted by Gasteiger charge is -2.24. The molecule has 3 heterocycles. The Bertz CT molecular complexity index is 1380. The Balaban J connectivity index is 0.00000190. The van der Waals surface area contributed by atoms with Crippen molar-refractivity contribution in [1.29, 1.82) is 5.26 Å². The van der Waals surface area contributed by atoms with Crippen LogP contribution in [0.4, 0.5) is 11.4 Å². The third kappa shape index (κ3) is 5.71. The molecule has 1 N–H and O–H groups in total. The number of hydrogen-bond donors (Lipinski definition) is 1. The predicted molar refractivity (Wildman–Crippen MR) is 144 cm³/mol. The fraction of sp³-hybridized carbons (Fsp3) is 0.308. The number of halogens is 2. The normalized spacial score (nSPS) is 13.9. The first-order valence-electron chi connectivity index (χ1n) is 11.1. The van der Waals surface area contributed by atoms with Crippen molar-refractivity contribution in [2.45, 2.75) is 0 Å². The van der Waals surface area contributed by atoms with Crippen LogP contribution in [0.2, 0.25) is 0 Å². The van der Waals surface area contributed by atoms with Crippen LogP contribution >= 0.6 is 24.8 Å². The molecule has 5 rings (SSSR count). The van der Waals surface area contributed by atoms with Crippen LogP contribution in [-0.4, -0.2) is 63.7 Å². The number of fused-ring (bicyclic) bond motifs is 2. The fourth-order valence-corrected chi connectivity index (χ4v) is 4.07. The summed E-state index contributed by atoms with van der Waals surface area (Å²) in [5, 5.41) is 13.8. The molecule has 0 unspecified atom stereocenters. The molecule has 2 aliphatic heterocycles. The maximum Gasteiger partial charge on any atom is 0.231 e. The number of nitriles is 1. The van der Waals surface area contributed by atoms with E-state index in [1.165, 1.54) is 6.20 Å². The number of rotatable bonds is 5. The summed E-state index contributed by atoms with van der Waals surface area (Å²) in [5.74, 6) is 8.66. The van der Waals surface area contributed by atoms with Gasteiger partial charge in [0.2, 0.25) is 6.79 Å². The molecule has 11 heteroatoms. The van der Waals surface area contributed by atoms with Gasteiger partial charge in [-0.2, -0.15) is 5.26 Å². The number of anilines is 2. The monoisotopic (exact) mass is 544 g/mol. The lowest BCUT2D eigenvalue weighted by Crippen LogP contribution is -2.36. The second-order valence-electron chi connectivity index (χ2n) is 7.92. The highest BCUT2D eigenvalue weighted by Crippen LogP contribution is 2.44. The summed E-state index contributed by atoms with van der Waals surface area (Å²) in [7, 11) is 3.13. The van der Waals surface area contributed by atoms with E-state index in [2.05, 4.69) is 33.1 Å². The summed E-state index contributed by atoms with van der Waals surface area (Å²) in [6.45, 7) is 4.00. The van der Waals surface area contributed by atoms with Crippen molar-refractivity contribution < 1.29 is 23.7 Å². The van der Waals surface area contributed by atoms with Crippen LogP contribution in [0, 0.1) is 23.2 Å². The minimum absolute atomic E-state index is 0. The Morgan fingerprint density at radius 1 is 1.03 bits per heavy atom. The molecule has 37 heavy (non-hydrogen) atoms. The van der Waals surface area contributed by atoms with Gasteiger partial charge in [-0.15, -0.1) is 24.8 Å². The van der Waals surface area contributed by atoms with Crippen LogP contribution in [-0.2, 0) is 4.74 Å². The van der Waals surface area contributed by atoms with Gasteiger partial charge in [-0.1, -0.05) is 11.8 Å². The highest BCUT2D eigenvalue weighted by atomic mass is 35.5. The summed E-state index contributed by atoms with van der Waals surface area (Å²) in [5.41, 5.74) is 3.04. The first-order valence-corrected chi connectivity index (χ1v) is 11.1. The number of ether oxygens (including phenoxy) is 5. The maximum atomic E-state index is 9.75. The zero-order chi connectivity index (χ0) is 24.2. The summed E-state index contributed by atoms with van der Waals surface area (Å²) in [4.78, 5) is 6.67. The van der Waals surface area contributed by atoms with Gasteiger partial charge in [-0.3, -0.25) is 9.88 Å². The van der Waals surface area contributed by atoms with Gasteiger partial charge in [-0.25, -0.2) is 0 Å². The van der Waals surface area contributed by atoms with Gasteiger partial charge in [0.15, 0.2) is 23.0 Å². The number of methoxy groups -OCH3 is 2. The number of pyridine rings is 1. The SMILES string of the molecule is COc1cc2ncc(C#N)c(Nc3ccc(C#CCN4CCOCC4)c4c3OCO4)c2cc1OC.Cl.Cl. The second-order valence-corrected chi connectivity index (χ2v) is 7.92. The minimum Gasteiger partial charge on any atom is -0.493 e. The van der Waals surface area contributed by atoms with E-state index < -0.39 is 0 Å². The van der Waals surface area contributed by atoms with Crippen LogP contribution in [0.15, 0.2) is 30.5 Å². The molecule has 2 aliphatic rings. The molecule has 1 aromatic heterocycles. The molecule has 0 amide bonds. The van der Waals surface area contributed by atoms with Crippen molar-refractivity contribution in [1.82, 2.24) is 9.88 Å². The summed E-state index contributed by atoms with van der Waals surface area (Å²) in [6.07, 6.45) is 1.53. The zero-order valence-corrected chi connectivity index (χ0v) is 22.0. The van der Waals surface area contributed by atoms with Gasteiger partial charge in [0.1, 0.15) is 6.07 Å². The van der Waals surface area contributed by atoms with Crippen molar-refractivity contribution in [3.05, 3.63) is 41.6 Å². The lowest BCUT2D eigenvalue weighted by molar-refractivity contribution is 0.0443. The van der Waals surface area contributed by atoms with Crippen LogP contribution in [0.3, 0.4) is 0 Å². The molecule has 0 atom stereocenters. The Morgan fingerprint density at radius 3 is 2.49 bits per heavy atom. The van der Waals surface area contributed by atoms with Crippen molar-refractivity contribution >= 4 is 47.1 Å². The molecular formula is C26H26Cl2N4O5. The van der Waals surface area contributed by atoms with Crippen LogP contribution in [0.1, 0.15) is 11.1 Å². The first-order chi connectivity index (χ1) is 17.2. The molecule has 1 saturated heterocycles. The first kappa shape index (κ1) is 28.0. The number of hydrogen-bond acceptors (Lipinski definition) is 9. The van der Waals surface area contributed by atoms with Gasteiger partial charge in [-0.05, 0) is 18.2 Å². The topological polar surface area (TPSA) is 98.1 Å². The van der Waals surface area contributed by atoms with E-state index in [9.17, 15) is 5.26 Å². The van der Waals surface area contributed by atoms with Crippen molar-refractivity contribution in [3.8, 4) is 40.9 Å². The highest BCUT2D eigenvalue weighted by Gasteiger charge is 2.23. The van der Waals surface area contributed by atoms with Gasteiger partial charge in [0, 0.05) is 30.7 Å². The van der Waals surface area contributed by atoms with Crippen LogP contribution in [0.25, 0.3) is 10.9 Å². The van der Waals surface area contributed by atoms with Gasteiger partial charge in [0.05, 0.1) is 62.0 Å². The summed E-state index contributed by atoms with van der Waals surface area (Å²) < 4.78 is 27.8. The van der Waals surface area contributed by atoms with Gasteiger partial charge in [0.25, 0.3) is 0 Å². The number of morpholine rings is 1. The third-order valence-corrected chi connectivity index (χ3v) is 5.90. The molecule has 1 fully saturated rings. The Morgan fingerprint density at radius 2 is 1.76 bits per heavy atom. The van der Waals surface area contributed by atoms with Crippen molar-refractivity contribution in [2.24, 2.45) is 0 Å². The van der Waals surface area contributed by atoms with E-state index in [0.29, 0.717) is 57.4 Å². The number of nitrogens with one attached hydrogen (secondary N) is 1. The Labute approximate surface area is 227 Å². The molecule has 0 radical (unpaired) electrons. The average Bonchev–Trinajstić information content (AvgIpc) is 3.40. The molecule has 0 saturated carbocycles. The number of nitrogens with zero attached hydrogens (tertiary/aromatic N) is 3. The van der Waals surface area contributed by atoms with E-state index in [1.807, 2.05) is 12.1 Å². The molecule has 0 bridgehead atoms. The lowest BCUT2D eigenvalue weighted by atomic mass is 10.1. The van der Waals surface area contributed by atoms with E-state index in [1.54, 1.807) is 26.4 Å². The highest BCUT2D eigenvalue weighted by molar-refractivity contribution is 5.98. The molecule has 0 aliphatic carbocycles. The van der Waals surface area contributed by atoms with E-state index in [-0.39, 0.29) is 31.6 Å². The quantitative estimate of drug-likeness (QED) is 0.475. The zero-order valence-electron chi connectivity index (χ0n) is 20.3. The Kier molecular flexibility index (Phi) is 9.51. The van der Waals surface area contributed by atoms with Crippen LogP contribution < -0.4 is 24.3 Å². The maximum absolute atomic E-state index is 9.75. The summed E-state index contributed by atoms with van der Waals surface area (Å²) >= 11 is 0.